The number of rotatable bonds is 9. The van der Waals surface area contributed by atoms with E-state index in [9.17, 15) is 13.6 Å². The molecular formula is C17H20F2N4O2. The van der Waals surface area contributed by atoms with Crippen LogP contribution in [0.3, 0.4) is 0 Å². The second-order valence-electron chi connectivity index (χ2n) is 5.10. The Morgan fingerprint density at radius 1 is 1.04 bits per heavy atom. The lowest BCUT2D eigenvalue weighted by Crippen LogP contribution is -2.38. The average molecular weight is 350 g/mol. The van der Waals surface area contributed by atoms with Crippen LogP contribution in [-0.4, -0.2) is 37.3 Å². The van der Waals surface area contributed by atoms with Gasteiger partial charge in [0.25, 0.3) is 0 Å². The first-order valence-electron chi connectivity index (χ1n) is 7.84. The predicted molar refractivity (Wildman–Crippen MR) is 90.9 cm³/mol. The van der Waals surface area contributed by atoms with Gasteiger partial charge in [-0.25, -0.2) is 9.78 Å². The van der Waals surface area contributed by atoms with Crippen molar-refractivity contribution in [3.8, 4) is 5.75 Å². The van der Waals surface area contributed by atoms with Gasteiger partial charge in [-0.2, -0.15) is 8.78 Å². The molecule has 0 atom stereocenters. The standard InChI is InChI=1S/C17H20F2N4O2/c18-16(19)25-14-6-4-13(5-7-14)8-10-22-17(24)23-12-11-21-15-3-1-2-9-20-15/h1-7,9,16H,8,10-12H2,(H,20,21)(H2,22,23,24). The predicted octanol–water partition coefficient (Wildman–Crippen LogP) is 2.64. The number of nitrogens with one attached hydrogen (secondary N) is 3. The Hall–Kier alpha value is -2.90. The van der Waals surface area contributed by atoms with Crippen molar-refractivity contribution in [1.82, 2.24) is 15.6 Å². The molecule has 0 aliphatic rings. The lowest BCUT2D eigenvalue weighted by atomic mass is 10.1. The molecule has 0 spiro atoms. The van der Waals surface area contributed by atoms with E-state index in [-0.39, 0.29) is 11.8 Å². The topological polar surface area (TPSA) is 75.3 Å². The van der Waals surface area contributed by atoms with Crippen molar-refractivity contribution in [1.29, 1.82) is 0 Å². The van der Waals surface area contributed by atoms with Crippen LogP contribution in [0, 0.1) is 0 Å². The number of pyridine rings is 1. The third kappa shape index (κ3) is 7.47. The van der Waals surface area contributed by atoms with Gasteiger partial charge in [0.15, 0.2) is 0 Å². The highest BCUT2D eigenvalue weighted by atomic mass is 19.3. The number of carbonyl (C=O) groups is 1. The molecule has 3 N–H and O–H groups in total. The molecule has 25 heavy (non-hydrogen) atoms. The minimum Gasteiger partial charge on any atom is -0.435 e. The average Bonchev–Trinajstić information content (AvgIpc) is 2.61. The van der Waals surface area contributed by atoms with Crippen LogP contribution in [0.4, 0.5) is 19.4 Å². The molecule has 2 aromatic rings. The number of alkyl halides is 2. The minimum atomic E-state index is -2.83. The molecule has 1 aromatic carbocycles. The normalized spacial score (nSPS) is 10.4. The molecule has 1 heterocycles. The molecule has 6 nitrogen and oxygen atoms in total. The molecule has 134 valence electrons. The summed E-state index contributed by atoms with van der Waals surface area (Å²) in [5.41, 5.74) is 0.915. The summed E-state index contributed by atoms with van der Waals surface area (Å²) < 4.78 is 28.4. The number of carbonyl (C=O) groups excluding carboxylic acids is 1. The number of benzene rings is 1. The summed E-state index contributed by atoms with van der Waals surface area (Å²) in [6.45, 7) is -1.37. The van der Waals surface area contributed by atoms with Gasteiger partial charge < -0.3 is 20.7 Å². The maximum atomic E-state index is 12.1. The zero-order valence-electron chi connectivity index (χ0n) is 13.5. The van der Waals surface area contributed by atoms with Crippen molar-refractivity contribution in [2.75, 3.05) is 25.0 Å². The van der Waals surface area contributed by atoms with E-state index in [4.69, 9.17) is 0 Å². The lowest BCUT2D eigenvalue weighted by molar-refractivity contribution is -0.0498. The molecule has 1 aromatic heterocycles. The summed E-state index contributed by atoms with van der Waals surface area (Å²) in [6.07, 6.45) is 2.28. The zero-order chi connectivity index (χ0) is 17.9. The number of halogens is 2. The molecule has 8 heteroatoms. The Morgan fingerprint density at radius 3 is 2.48 bits per heavy atom. The second kappa shape index (κ2) is 10.1. The van der Waals surface area contributed by atoms with Crippen LogP contribution in [0.1, 0.15) is 5.56 Å². The van der Waals surface area contributed by atoms with Crippen molar-refractivity contribution in [3.05, 3.63) is 54.2 Å². The molecule has 0 saturated carbocycles. The highest BCUT2D eigenvalue weighted by Gasteiger charge is 2.04. The number of nitrogens with zero attached hydrogens (tertiary/aromatic N) is 1. The van der Waals surface area contributed by atoms with Crippen molar-refractivity contribution >= 4 is 11.8 Å². The fraction of sp³-hybridized carbons (Fsp3) is 0.294. The van der Waals surface area contributed by atoms with E-state index in [2.05, 4.69) is 25.7 Å². The van der Waals surface area contributed by atoms with E-state index < -0.39 is 6.61 Å². The lowest BCUT2D eigenvalue weighted by Gasteiger charge is -2.09. The van der Waals surface area contributed by atoms with Crippen molar-refractivity contribution in [2.24, 2.45) is 0 Å². The quantitative estimate of drug-likeness (QED) is 0.608. The maximum absolute atomic E-state index is 12.1. The number of hydrogen-bond acceptors (Lipinski definition) is 4. The van der Waals surface area contributed by atoms with Crippen molar-refractivity contribution < 1.29 is 18.3 Å². The first-order chi connectivity index (χ1) is 12.1. The smallest absolute Gasteiger partial charge is 0.387 e. The van der Waals surface area contributed by atoms with Crippen LogP contribution in [0.25, 0.3) is 0 Å². The van der Waals surface area contributed by atoms with Crippen molar-refractivity contribution in [2.45, 2.75) is 13.0 Å². The fourth-order valence-electron chi connectivity index (χ4n) is 2.05. The molecular weight excluding hydrogens is 330 g/mol. The van der Waals surface area contributed by atoms with Gasteiger partial charge >= 0.3 is 12.6 Å². The summed E-state index contributed by atoms with van der Waals surface area (Å²) >= 11 is 0. The van der Waals surface area contributed by atoms with E-state index in [1.165, 1.54) is 12.1 Å². The van der Waals surface area contributed by atoms with Crippen LogP contribution < -0.4 is 20.7 Å². The van der Waals surface area contributed by atoms with Gasteiger partial charge in [0.05, 0.1) is 0 Å². The maximum Gasteiger partial charge on any atom is 0.387 e. The highest BCUT2D eigenvalue weighted by Crippen LogP contribution is 2.14. The Labute approximate surface area is 144 Å². The highest BCUT2D eigenvalue weighted by molar-refractivity contribution is 5.73. The first kappa shape index (κ1) is 18.4. The van der Waals surface area contributed by atoms with Gasteiger partial charge in [-0.1, -0.05) is 18.2 Å². The van der Waals surface area contributed by atoms with Gasteiger partial charge in [-0.15, -0.1) is 0 Å². The molecule has 2 rings (SSSR count). The van der Waals surface area contributed by atoms with E-state index in [0.29, 0.717) is 26.1 Å². The van der Waals surface area contributed by atoms with Gasteiger partial charge in [0.2, 0.25) is 0 Å². The molecule has 0 radical (unpaired) electrons. The molecule has 0 bridgehead atoms. The number of urea groups is 1. The number of hydrogen-bond donors (Lipinski definition) is 3. The third-order valence-corrected chi connectivity index (χ3v) is 3.23. The second-order valence-corrected chi connectivity index (χ2v) is 5.10. The van der Waals surface area contributed by atoms with Crippen molar-refractivity contribution in [3.63, 3.8) is 0 Å². The summed E-state index contributed by atoms with van der Waals surface area (Å²) in [4.78, 5) is 15.8. The number of anilines is 1. The zero-order valence-corrected chi connectivity index (χ0v) is 13.5. The minimum absolute atomic E-state index is 0.116. The van der Waals surface area contributed by atoms with Crippen LogP contribution >= 0.6 is 0 Å². The Kier molecular flexibility index (Phi) is 7.42. The molecule has 0 saturated heterocycles. The monoisotopic (exact) mass is 350 g/mol. The Bertz CT molecular complexity index is 639. The summed E-state index contributed by atoms with van der Waals surface area (Å²) in [7, 11) is 0. The van der Waals surface area contributed by atoms with Gasteiger partial charge in [-0.05, 0) is 36.2 Å². The Morgan fingerprint density at radius 2 is 1.80 bits per heavy atom. The molecule has 0 fully saturated rings. The van der Waals surface area contributed by atoms with Crippen LogP contribution in [0.15, 0.2) is 48.7 Å². The SMILES string of the molecule is O=C(NCCNc1ccccn1)NCCc1ccc(OC(F)F)cc1. The Balaban J connectivity index is 1.57. The van der Waals surface area contributed by atoms with Gasteiger partial charge in [0, 0.05) is 25.8 Å². The fourth-order valence-corrected chi connectivity index (χ4v) is 2.05. The molecule has 0 aliphatic heterocycles. The van der Waals surface area contributed by atoms with Crippen LogP contribution in [-0.2, 0) is 6.42 Å². The number of ether oxygens (including phenoxy) is 1. The number of aromatic nitrogens is 1. The van der Waals surface area contributed by atoms with Gasteiger partial charge in [0.1, 0.15) is 11.6 Å². The molecule has 0 aliphatic carbocycles. The summed E-state index contributed by atoms with van der Waals surface area (Å²) in [6, 6.07) is 11.6. The van der Waals surface area contributed by atoms with E-state index in [1.807, 2.05) is 18.2 Å². The first-order valence-corrected chi connectivity index (χ1v) is 7.84. The van der Waals surface area contributed by atoms with E-state index in [0.717, 1.165) is 11.4 Å². The summed E-state index contributed by atoms with van der Waals surface area (Å²) in [5, 5.41) is 8.54. The molecule has 2 amide bonds. The molecule has 0 unspecified atom stereocenters. The third-order valence-electron chi connectivity index (χ3n) is 3.23. The number of amides is 2. The van der Waals surface area contributed by atoms with E-state index >= 15 is 0 Å². The van der Waals surface area contributed by atoms with Crippen LogP contribution in [0.5, 0.6) is 5.75 Å². The largest absolute Gasteiger partial charge is 0.435 e. The van der Waals surface area contributed by atoms with E-state index in [1.54, 1.807) is 18.3 Å². The summed E-state index contributed by atoms with van der Waals surface area (Å²) in [5.74, 6) is 0.869. The van der Waals surface area contributed by atoms with Crippen LogP contribution in [0.2, 0.25) is 0 Å². The van der Waals surface area contributed by atoms with Gasteiger partial charge in [-0.3, -0.25) is 0 Å².